The first-order valence-corrected chi connectivity index (χ1v) is 7.13. The number of ketones is 1. The van der Waals surface area contributed by atoms with Crippen molar-refractivity contribution >= 4 is 11.9 Å². The van der Waals surface area contributed by atoms with Gasteiger partial charge in [-0.2, -0.15) is 0 Å². The van der Waals surface area contributed by atoms with Gasteiger partial charge < -0.3 is 5.32 Å². The summed E-state index contributed by atoms with van der Waals surface area (Å²) in [6, 6.07) is 18.2. The molecular weight excluding hydrogens is 258 g/mol. The molecule has 21 heavy (non-hydrogen) atoms. The number of hydrogen-bond donors (Lipinski definition) is 1. The van der Waals surface area contributed by atoms with Crippen LogP contribution in [0, 0.1) is 0 Å². The molecular formula is C19H21NO. The average molecular weight is 279 g/mol. The Morgan fingerprint density at radius 3 is 2.14 bits per heavy atom. The topological polar surface area (TPSA) is 29.1 Å². The molecule has 0 saturated carbocycles. The molecule has 0 bridgehead atoms. The maximum Gasteiger partial charge on any atom is 0.159 e. The van der Waals surface area contributed by atoms with E-state index in [4.69, 9.17) is 0 Å². The molecule has 0 saturated heterocycles. The lowest BCUT2D eigenvalue weighted by atomic mass is 9.96. The lowest BCUT2D eigenvalue weighted by molar-refractivity contribution is 0.101. The Morgan fingerprint density at radius 1 is 1.00 bits per heavy atom. The summed E-state index contributed by atoms with van der Waals surface area (Å²) in [6.07, 6.45) is 2.18. The fraction of sp³-hybridized carbons (Fsp3) is 0.211. The highest BCUT2D eigenvalue weighted by molar-refractivity contribution is 5.94. The van der Waals surface area contributed by atoms with E-state index in [1.807, 2.05) is 49.5 Å². The minimum Gasteiger partial charge on any atom is -0.310 e. The summed E-state index contributed by atoms with van der Waals surface area (Å²) in [4.78, 5) is 11.3. The first-order valence-electron chi connectivity index (χ1n) is 7.13. The highest BCUT2D eigenvalue weighted by Crippen LogP contribution is 2.23. The van der Waals surface area contributed by atoms with Crippen LogP contribution >= 0.6 is 0 Å². The van der Waals surface area contributed by atoms with E-state index in [1.54, 1.807) is 6.92 Å². The molecule has 1 N–H and O–H groups in total. The molecule has 0 aliphatic heterocycles. The molecule has 0 aliphatic rings. The molecule has 108 valence electrons. The lowest BCUT2D eigenvalue weighted by Gasteiger charge is -2.18. The third-order valence-electron chi connectivity index (χ3n) is 3.59. The predicted octanol–water partition coefficient (Wildman–Crippen LogP) is 4.25. The molecule has 0 aromatic heterocycles. The van der Waals surface area contributed by atoms with Crippen LogP contribution in [-0.2, 0) is 0 Å². The number of nitrogens with one attached hydrogen (secondary N) is 1. The van der Waals surface area contributed by atoms with Gasteiger partial charge in [-0.1, -0.05) is 66.2 Å². The molecule has 2 rings (SSSR count). The van der Waals surface area contributed by atoms with Crippen LogP contribution in [0.25, 0.3) is 6.08 Å². The Balaban J connectivity index is 2.26. The predicted molar refractivity (Wildman–Crippen MR) is 88.3 cm³/mol. The second-order valence-electron chi connectivity index (χ2n) is 5.20. The molecule has 0 fully saturated rings. The van der Waals surface area contributed by atoms with E-state index in [0.29, 0.717) is 0 Å². The van der Waals surface area contributed by atoms with Crippen LogP contribution in [0.15, 0.2) is 60.2 Å². The largest absolute Gasteiger partial charge is 0.310 e. The van der Waals surface area contributed by atoms with Gasteiger partial charge in [-0.15, -0.1) is 0 Å². The standard InChI is InChI=1S/C19H21NO/c1-14(13-16-7-5-4-6-8-16)19(20-3)18-11-9-17(10-12-18)15(2)21/h4-13,19-20H,1-3H3/b14-13+. The molecule has 0 amide bonds. The van der Waals surface area contributed by atoms with Crippen LogP contribution in [0.2, 0.25) is 0 Å². The molecule has 2 nitrogen and oxygen atoms in total. The fourth-order valence-corrected chi connectivity index (χ4v) is 2.46. The van der Waals surface area contributed by atoms with Crippen molar-refractivity contribution in [2.24, 2.45) is 0 Å². The number of likely N-dealkylation sites (N-methyl/N-ethyl adjacent to an activating group) is 1. The van der Waals surface area contributed by atoms with Crippen molar-refractivity contribution in [2.45, 2.75) is 19.9 Å². The summed E-state index contributed by atoms with van der Waals surface area (Å²) in [6.45, 7) is 3.71. The van der Waals surface area contributed by atoms with Crippen molar-refractivity contribution in [3.05, 3.63) is 76.9 Å². The zero-order chi connectivity index (χ0) is 15.2. The Hall–Kier alpha value is -2.19. The van der Waals surface area contributed by atoms with E-state index in [1.165, 1.54) is 11.1 Å². The maximum absolute atomic E-state index is 11.3. The molecule has 0 aliphatic carbocycles. The SMILES string of the molecule is CNC(/C(C)=C/c1ccccc1)c1ccc(C(C)=O)cc1. The van der Waals surface area contributed by atoms with Crippen LogP contribution in [0.1, 0.15) is 41.4 Å². The molecule has 2 heteroatoms. The van der Waals surface area contributed by atoms with Gasteiger partial charge in [0.05, 0.1) is 6.04 Å². The molecule has 2 aromatic rings. The molecule has 0 heterocycles. The molecule has 1 atom stereocenters. The summed E-state index contributed by atoms with van der Waals surface area (Å²) < 4.78 is 0. The average Bonchev–Trinajstić information content (AvgIpc) is 2.49. The Kier molecular flexibility index (Phi) is 5.07. The van der Waals surface area contributed by atoms with Crippen LogP contribution in [0.5, 0.6) is 0 Å². The highest BCUT2D eigenvalue weighted by atomic mass is 16.1. The van der Waals surface area contributed by atoms with Crippen molar-refractivity contribution in [2.75, 3.05) is 7.05 Å². The Morgan fingerprint density at radius 2 is 1.62 bits per heavy atom. The number of benzene rings is 2. The molecule has 1 unspecified atom stereocenters. The second-order valence-corrected chi connectivity index (χ2v) is 5.20. The number of carbonyl (C=O) groups is 1. The van der Waals surface area contributed by atoms with Crippen molar-refractivity contribution in [1.29, 1.82) is 0 Å². The maximum atomic E-state index is 11.3. The minimum absolute atomic E-state index is 0.0964. The van der Waals surface area contributed by atoms with Crippen molar-refractivity contribution in [3.63, 3.8) is 0 Å². The van der Waals surface area contributed by atoms with E-state index in [0.717, 1.165) is 11.1 Å². The van der Waals surface area contributed by atoms with Gasteiger partial charge in [0, 0.05) is 5.56 Å². The molecule has 0 radical (unpaired) electrons. The third-order valence-corrected chi connectivity index (χ3v) is 3.59. The van der Waals surface area contributed by atoms with Crippen LogP contribution in [0.3, 0.4) is 0 Å². The van der Waals surface area contributed by atoms with Gasteiger partial charge in [-0.25, -0.2) is 0 Å². The Labute approximate surface area is 126 Å². The third kappa shape index (κ3) is 3.89. The van der Waals surface area contributed by atoms with Crippen molar-refractivity contribution < 1.29 is 4.79 Å². The quantitative estimate of drug-likeness (QED) is 0.829. The summed E-state index contributed by atoms with van der Waals surface area (Å²) in [7, 11) is 1.95. The normalized spacial score (nSPS) is 13.0. The van der Waals surface area contributed by atoms with E-state index in [9.17, 15) is 4.79 Å². The van der Waals surface area contributed by atoms with E-state index < -0.39 is 0 Å². The van der Waals surface area contributed by atoms with Crippen molar-refractivity contribution in [3.8, 4) is 0 Å². The number of Topliss-reactive ketones (excluding diaryl/α,β-unsaturated/α-hetero) is 1. The smallest absolute Gasteiger partial charge is 0.159 e. The first kappa shape index (κ1) is 15.2. The van der Waals surface area contributed by atoms with Gasteiger partial charge >= 0.3 is 0 Å². The number of carbonyl (C=O) groups excluding carboxylic acids is 1. The zero-order valence-corrected chi connectivity index (χ0v) is 12.8. The van der Waals surface area contributed by atoms with E-state index >= 15 is 0 Å². The van der Waals surface area contributed by atoms with Gasteiger partial charge in [0.2, 0.25) is 0 Å². The minimum atomic E-state index is 0.0964. The monoisotopic (exact) mass is 279 g/mol. The van der Waals surface area contributed by atoms with Crippen LogP contribution < -0.4 is 5.32 Å². The second kappa shape index (κ2) is 7.00. The van der Waals surface area contributed by atoms with Gasteiger partial charge in [0.25, 0.3) is 0 Å². The lowest BCUT2D eigenvalue weighted by Crippen LogP contribution is -2.17. The zero-order valence-electron chi connectivity index (χ0n) is 12.8. The van der Waals surface area contributed by atoms with Gasteiger partial charge in [-0.3, -0.25) is 4.79 Å². The van der Waals surface area contributed by atoms with Crippen molar-refractivity contribution in [1.82, 2.24) is 5.32 Å². The summed E-state index contributed by atoms with van der Waals surface area (Å²) >= 11 is 0. The van der Waals surface area contributed by atoms with Gasteiger partial charge in [0.15, 0.2) is 5.78 Å². The Bertz CT molecular complexity index is 626. The van der Waals surface area contributed by atoms with Gasteiger partial charge in [-0.05, 0) is 32.0 Å². The summed E-state index contributed by atoms with van der Waals surface area (Å²) in [5, 5.41) is 3.33. The van der Waals surface area contributed by atoms with Crippen LogP contribution in [-0.4, -0.2) is 12.8 Å². The summed E-state index contributed by atoms with van der Waals surface area (Å²) in [5.74, 6) is 0.0964. The van der Waals surface area contributed by atoms with Gasteiger partial charge in [0.1, 0.15) is 0 Å². The summed E-state index contributed by atoms with van der Waals surface area (Å²) in [5.41, 5.74) is 4.33. The molecule has 0 spiro atoms. The number of hydrogen-bond acceptors (Lipinski definition) is 2. The number of rotatable bonds is 5. The van der Waals surface area contributed by atoms with E-state index in [-0.39, 0.29) is 11.8 Å². The molecule has 2 aromatic carbocycles. The van der Waals surface area contributed by atoms with Crippen LogP contribution in [0.4, 0.5) is 0 Å². The fourth-order valence-electron chi connectivity index (χ4n) is 2.46. The van der Waals surface area contributed by atoms with E-state index in [2.05, 4.69) is 30.4 Å². The highest BCUT2D eigenvalue weighted by Gasteiger charge is 2.11. The first-order chi connectivity index (χ1) is 10.1.